The van der Waals surface area contributed by atoms with Crippen LogP contribution in [-0.4, -0.2) is 27.0 Å². The number of aliphatic hydroxyl groups is 1. The fourth-order valence-electron chi connectivity index (χ4n) is 2.35. The Morgan fingerprint density at radius 2 is 2.30 bits per heavy atom. The number of aromatic amines is 1. The Morgan fingerprint density at radius 1 is 1.45 bits per heavy atom. The fourth-order valence-corrected chi connectivity index (χ4v) is 2.35. The molecule has 0 aliphatic carbocycles. The van der Waals surface area contributed by atoms with Crippen LogP contribution in [0.4, 0.5) is 5.69 Å². The van der Waals surface area contributed by atoms with Crippen LogP contribution in [0.25, 0.3) is 0 Å². The van der Waals surface area contributed by atoms with Crippen LogP contribution in [0.15, 0.2) is 30.6 Å². The van der Waals surface area contributed by atoms with Gasteiger partial charge in [0.25, 0.3) is 0 Å². The summed E-state index contributed by atoms with van der Waals surface area (Å²) in [7, 11) is 0. The first-order chi connectivity index (χ1) is 9.78. The summed E-state index contributed by atoms with van der Waals surface area (Å²) >= 11 is 0. The van der Waals surface area contributed by atoms with Crippen LogP contribution in [0.2, 0.25) is 0 Å². The Bertz CT molecular complexity index is 623. The van der Waals surface area contributed by atoms with Crippen molar-refractivity contribution in [3.05, 3.63) is 47.5 Å². The molecule has 1 aliphatic heterocycles. The first-order valence-corrected chi connectivity index (χ1v) is 6.52. The Morgan fingerprint density at radius 3 is 3.15 bits per heavy atom. The van der Waals surface area contributed by atoms with Gasteiger partial charge in [-0.3, -0.25) is 10.1 Å². The van der Waals surface area contributed by atoms with Gasteiger partial charge in [-0.2, -0.15) is 0 Å². The molecular formula is C14H16N4O2. The first-order valence-electron chi connectivity index (χ1n) is 6.52. The highest BCUT2D eigenvalue weighted by Crippen LogP contribution is 2.17. The number of carbonyl (C=O) groups is 1. The van der Waals surface area contributed by atoms with E-state index < -0.39 is 0 Å². The number of nitrogens with zero attached hydrogens (tertiary/aromatic N) is 1. The fraction of sp³-hybridized carbons (Fsp3) is 0.286. The highest BCUT2D eigenvalue weighted by Gasteiger charge is 2.26. The van der Waals surface area contributed by atoms with E-state index in [1.807, 2.05) is 12.1 Å². The van der Waals surface area contributed by atoms with E-state index in [4.69, 9.17) is 0 Å². The molecular weight excluding hydrogens is 256 g/mol. The van der Waals surface area contributed by atoms with Gasteiger partial charge in [-0.15, -0.1) is 0 Å². The second kappa shape index (κ2) is 5.44. The number of para-hydroxylation sites is 1. The number of fused-ring (bicyclic) bond motifs is 1. The monoisotopic (exact) mass is 272 g/mol. The van der Waals surface area contributed by atoms with Crippen molar-refractivity contribution < 1.29 is 9.90 Å². The molecule has 4 N–H and O–H groups in total. The molecule has 20 heavy (non-hydrogen) atoms. The van der Waals surface area contributed by atoms with Gasteiger partial charge < -0.3 is 15.4 Å². The molecule has 0 spiro atoms. The Balaban J connectivity index is 1.71. The Hall–Kier alpha value is -2.18. The maximum Gasteiger partial charge on any atom is 0.241 e. The molecule has 2 heterocycles. The molecule has 6 heteroatoms. The lowest BCUT2D eigenvalue weighted by atomic mass is 10.0. The summed E-state index contributed by atoms with van der Waals surface area (Å²) in [6.07, 6.45) is 2.21. The van der Waals surface area contributed by atoms with Gasteiger partial charge in [0, 0.05) is 24.2 Å². The maximum atomic E-state index is 12.3. The number of aliphatic hydroxyl groups excluding tert-OH is 1. The van der Waals surface area contributed by atoms with Crippen molar-refractivity contribution in [2.24, 2.45) is 0 Å². The van der Waals surface area contributed by atoms with Crippen molar-refractivity contribution in [1.82, 2.24) is 15.3 Å². The number of benzene rings is 1. The minimum Gasteiger partial charge on any atom is -0.392 e. The van der Waals surface area contributed by atoms with Crippen LogP contribution in [0, 0.1) is 0 Å². The zero-order valence-corrected chi connectivity index (χ0v) is 10.9. The Labute approximate surface area is 116 Å². The molecule has 0 radical (unpaired) electrons. The molecule has 1 aromatic heterocycles. The van der Waals surface area contributed by atoms with E-state index in [0.29, 0.717) is 24.2 Å². The van der Waals surface area contributed by atoms with Gasteiger partial charge in [0.05, 0.1) is 30.4 Å². The molecule has 2 aromatic rings. The molecule has 0 saturated carbocycles. The quantitative estimate of drug-likeness (QED) is 0.657. The number of imidazole rings is 1. The summed E-state index contributed by atoms with van der Waals surface area (Å²) in [5.74, 6) is -0.112. The van der Waals surface area contributed by atoms with Crippen LogP contribution < -0.4 is 10.6 Å². The van der Waals surface area contributed by atoms with Crippen LogP contribution >= 0.6 is 0 Å². The van der Waals surface area contributed by atoms with Gasteiger partial charge >= 0.3 is 0 Å². The molecule has 1 unspecified atom stereocenters. The number of aromatic nitrogens is 2. The summed E-state index contributed by atoms with van der Waals surface area (Å²) < 4.78 is 0. The molecule has 0 saturated heterocycles. The standard InChI is InChI=1S/C14H16N4O2/c19-7-9-3-1-2-4-10(9)18-14(20)12-5-11-13(6-15-12)17-8-16-11/h1-4,8,12,15,19H,5-7H2,(H,16,17)(H,18,20). The summed E-state index contributed by atoms with van der Waals surface area (Å²) in [5.41, 5.74) is 3.32. The number of hydrogen-bond acceptors (Lipinski definition) is 4. The third-order valence-corrected chi connectivity index (χ3v) is 3.49. The van der Waals surface area contributed by atoms with Gasteiger partial charge in [0.2, 0.25) is 5.91 Å². The van der Waals surface area contributed by atoms with Crippen LogP contribution in [0.3, 0.4) is 0 Å². The maximum absolute atomic E-state index is 12.3. The lowest BCUT2D eigenvalue weighted by Crippen LogP contribution is -2.44. The molecule has 0 bridgehead atoms. The van der Waals surface area contributed by atoms with E-state index in [2.05, 4.69) is 20.6 Å². The molecule has 6 nitrogen and oxygen atoms in total. The van der Waals surface area contributed by atoms with E-state index in [9.17, 15) is 9.90 Å². The number of rotatable bonds is 3. The molecule has 1 amide bonds. The molecule has 0 fully saturated rings. The average molecular weight is 272 g/mol. The van der Waals surface area contributed by atoms with Crippen molar-refractivity contribution in [1.29, 1.82) is 0 Å². The van der Waals surface area contributed by atoms with Gasteiger partial charge in [-0.1, -0.05) is 18.2 Å². The molecule has 1 aliphatic rings. The van der Waals surface area contributed by atoms with Gasteiger partial charge in [-0.25, -0.2) is 4.98 Å². The third kappa shape index (κ3) is 2.43. The van der Waals surface area contributed by atoms with Crippen LogP contribution in [0.5, 0.6) is 0 Å². The SMILES string of the molecule is O=C(Nc1ccccc1CO)C1Cc2nc[nH]c2CN1. The van der Waals surface area contributed by atoms with Crippen molar-refractivity contribution in [3.63, 3.8) is 0 Å². The number of nitrogens with one attached hydrogen (secondary N) is 3. The number of hydrogen-bond donors (Lipinski definition) is 4. The molecule has 1 aromatic carbocycles. The second-order valence-electron chi connectivity index (χ2n) is 4.77. The van der Waals surface area contributed by atoms with Gasteiger partial charge in [-0.05, 0) is 6.07 Å². The normalized spacial score (nSPS) is 17.6. The largest absolute Gasteiger partial charge is 0.392 e. The van der Waals surface area contributed by atoms with E-state index in [0.717, 1.165) is 11.4 Å². The summed E-state index contributed by atoms with van der Waals surface area (Å²) in [6.45, 7) is 0.507. The Kier molecular flexibility index (Phi) is 3.49. The minimum atomic E-state index is -0.308. The number of carbonyl (C=O) groups excluding carboxylic acids is 1. The third-order valence-electron chi connectivity index (χ3n) is 3.49. The summed E-state index contributed by atoms with van der Waals surface area (Å²) in [4.78, 5) is 19.5. The van der Waals surface area contributed by atoms with E-state index >= 15 is 0 Å². The van der Waals surface area contributed by atoms with Crippen molar-refractivity contribution >= 4 is 11.6 Å². The zero-order valence-electron chi connectivity index (χ0n) is 10.9. The minimum absolute atomic E-state index is 0.0991. The first kappa shape index (κ1) is 12.8. The smallest absolute Gasteiger partial charge is 0.241 e. The lowest BCUT2D eigenvalue weighted by molar-refractivity contribution is -0.118. The van der Waals surface area contributed by atoms with Crippen LogP contribution in [-0.2, 0) is 24.4 Å². The van der Waals surface area contributed by atoms with E-state index in [1.165, 1.54) is 0 Å². The second-order valence-corrected chi connectivity index (χ2v) is 4.77. The topological polar surface area (TPSA) is 90.0 Å². The highest BCUT2D eigenvalue weighted by molar-refractivity contribution is 5.95. The lowest BCUT2D eigenvalue weighted by Gasteiger charge is -2.22. The van der Waals surface area contributed by atoms with E-state index in [1.54, 1.807) is 18.5 Å². The number of anilines is 1. The van der Waals surface area contributed by atoms with Crippen LogP contribution in [0.1, 0.15) is 17.0 Å². The highest BCUT2D eigenvalue weighted by atomic mass is 16.3. The molecule has 104 valence electrons. The van der Waals surface area contributed by atoms with Gasteiger partial charge in [0.15, 0.2) is 0 Å². The van der Waals surface area contributed by atoms with Crippen molar-refractivity contribution in [2.75, 3.05) is 5.32 Å². The zero-order chi connectivity index (χ0) is 13.9. The van der Waals surface area contributed by atoms with Gasteiger partial charge in [0.1, 0.15) is 0 Å². The predicted octanol–water partition coefficient (Wildman–Crippen LogP) is 0.555. The average Bonchev–Trinajstić information content (AvgIpc) is 2.95. The molecule has 1 atom stereocenters. The number of amides is 1. The van der Waals surface area contributed by atoms with Crippen molar-refractivity contribution in [3.8, 4) is 0 Å². The number of H-pyrrole nitrogens is 1. The summed E-state index contributed by atoms with van der Waals surface area (Å²) in [6, 6.07) is 6.92. The predicted molar refractivity (Wildman–Crippen MR) is 73.9 cm³/mol. The molecule has 3 rings (SSSR count). The summed E-state index contributed by atoms with van der Waals surface area (Å²) in [5, 5.41) is 15.3. The van der Waals surface area contributed by atoms with E-state index in [-0.39, 0.29) is 18.6 Å². The van der Waals surface area contributed by atoms with Crippen molar-refractivity contribution in [2.45, 2.75) is 25.6 Å².